The molecule has 0 aromatic carbocycles. The molecule has 1 rings (SSSR count). The second-order valence-electron chi connectivity index (χ2n) is 7.18. The molecule has 8 heteroatoms. The number of aliphatic hydroxyl groups is 2. The van der Waals surface area contributed by atoms with E-state index in [0.29, 0.717) is 12.8 Å². The third kappa shape index (κ3) is 10.4. The molecule has 160 valence electrons. The van der Waals surface area contributed by atoms with E-state index in [9.17, 15) is 24.6 Å². The predicted octanol–water partition coefficient (Wildman–Crippen LogP) is 2.11. The van der Waals surface area contributed by atoms with Crippen molar-refractivity contribution in [3.63, 3.8) is 0 Å². The van der Waals surface area contributed by atoms with Crippen LogP contribution in [0.4, 0.5) is 0 Å². The molecule has 8 nitrogen and oxygen atoms in total. The van der Waals surface area contributed by atoms with Crippen LogP contribution >= 0.6 is 0 Å². The molecule has 3 N–H and O–H groups in total. The van der Waals surface area contributed by atoms with Gasteiger partial charge in [-0.3, -0.25) is 9.59 Å². The molecule has 0 spiro atoms. The molecule has 0 aromatic heterocycles. The normalized spacial score (nSPS) is 29.5. The Morgan fingerprint density at radius 1 is 1.07 bits per heavy atom. The molecular weight excluding hydrogens is 368 g/mol. The van der Waals surface area contributed by atoms with Crippen LogP contribution in [0.25, 0.3) is 0 Å². The van der Waals surface area contributed by atoms with Crippen molar-refractivity contribution in [2.45, 2.75) is 95.5 Å². The summed E-state index contributed by atoms with van der Waals surface area (Å²) in [4.78, 5) is 34.3. The van der Waals surface area contributed by atoms with Crippen LogP contribution in [-0.4, -0.2) is 57.6 Å². The van der Waals surface area contributed by atoms with Gasteiger partial charge in [-0.05, 0) is 32.3 Å². The lowest BCUT2D eigenvalue weighted by Gasteiger charge is -2.22. The maximum Gasteiger partial charge on any atom is 0.330 e. The molecule has 1 aliphatic heterocycles. The number of hydrogen-bond acceptors (Lipinski definition) is 7. The molecule has 4 atom stereocenters. The highest BCUT2D eigenvalue weighted by Crippen LogP contribution is 2.17. The summed E-state index contributed by atoms with van der Waals surface area (Å²) in [6.07, 6.45) is 4.58. The van der Waals surface area contributed by atoms with Gasteiger partial charge in [-0.2, -0.15) is 0 Å². The van der Waals surface area contributed by atoms with Crippen LogP contribution in [0, 0.1) is 0 Å². The second kappa shape index (κ2) is 13.3. The number of carbonyl (C=O) groups is 3. The van der Waals surface area contributed by atoms with Gasteiger partial charge in [-0.15, -0.1) is 0 Å². The summed E-state index contributed by atoms with van der Waals surface area (Å²) >= 11 is 0. The lowest BCUT2D eigenvalue weighted by molar-refractivity contribution is -0.156. The summed E-state index contributed by atoms with van der Waals surface area (Å²) in [5, 5.41) is 29.0. The molecule has 1 heterocycles. The van der Waals surface area contributed by atoms with Crippen molar-refractivity contribution in [3.05, 3.63) is 12.2 Å². The number of cyclic esters (lactones) is 1. The molecule has 0 saturated heterocycles. The van der Waals surface area contributed by atoms with Crippen molar-refractivity contribution in [2.24, 2.45) is 0 Å². The maximum atomic E-state index is 11.9. The highest BCUT2D eigenvalue weighted by molar-refractivity contribution is 5.82. The molecule has 0 radical (unpaired) electrons. The third-order valence-electron chi connectivity index (χ3n) is 4.72. The number of carboxylic acid groups (broad SMARTS) is 1. The van der Waals surface area contributed by atoms with Crippen molar-refractivity contribution in [1.29, 1.82) is 0 Å². The number of aliphatic hydroxyl groups excluding tert-OH is 2. The first-order valence-electron chi connectivity index (χ1n) is 9.95. The SMILES string of the molecule is C[C@H]1OC(=O)/C=C\[C@@H](O)[C@@H](OC(=O)CCC(=O)O)CCCCCCCC[C@@H]1O. The van der Waals surface area contributed by atoms with Gasteiger partial charge in [0.1, 0.15) is 18.3 Å². The first-order valence-corrected chi connectivity index (χ1v) is 9.95. The number of rotatable bonds is 4. The smallest absolute Gasteiger partial charge is 0.330 e. The van der Waals surface area contributed by atoms with E-state index in [1.807, 2.05) is 0 Å². The van der Waals surface area contributed by atoms with Crippen LogP contribution in [-0.2, 0) is 23.9 Å². The first-order chi connectivity index (χ1) is 13.3. The van der Waals surface area contributed by atoms with Crippen molar-refractivity contribution >= 4 is 17.9 Å². The van der Waals surface area contributed by atoms with Crippen molar-refractivity contribution in [1.82, 2.24) is 0 Å². The van der Waals surface area contributed by atoms with Crippen LogP contribution < -0.4 is 0 Å². The number of carbonyl (C=O) groups excluding carboxylic acids is 2. The summed E-state index contributed by atoms with van der Waals surface area (Å²) in [6, 6.07) is 0. The van der Waals surface area contributed by atoms with E-state index in [4.69, 9.17) is 14.6 Å². The lowest BCUT2D eigenvalue weighted by Crippen LogP contribution is -2.31. The predicted molar refractivity (Wildman–Crippen MR) is 100 cm³/mol. The van der Waals surface area contributed by atoms with Gasteiger partial charge in [0.15, 0.2) is 0 Å². The van der Waals surface area contributed by atoms with Crippen LogP contribution in [0.2, 0.25) is 0 Å². The van der Waals surface area contributed by atoms with Gasteiger partial charge in [0.2, 0.25) is 0 Å². The minimum atomic E-state index is -1.21. The van der Waals surface area contributed by atoms with Crippen LogP contribution in [0.15, 0.2) is 12.2 Å². The average molecular weight is 400 g/mol. The first kappa shape index (κ1) is 24.1. The number of hydrogen-bond donors (Lipinski definition) is 3. The monoisotopic (exact) mass is 400 g/mol. The minimum Gasteiger partial charge on any atom is -0.481 e. The Morgan fingerprint density at radius 3 is 2.32 bits per heavy atom. The second-order valence-corrected chi connectivity index (χ2v) is 7.18. The highest BCUT2D eigenvalue weighted by Gasteiger charge is 2.23. The fourth-order valence-electron chi connectivity index (χ4n) is 2.98. The van der Waals surface area contributed by atoms with Gasteiger partial charge in [0.05, 0.1) is 18.9 Å². The van der Waals surface area contributed by atoms with E-state index in [1.54, 1.807) is 6.92 Å². The summed E-state index contributed by atoms with van der Waals surface area (Å²) in [5.74, 6) is -2.50. The summed E-state index contributed by atoms with van der Waals surface area (Å²) in [5.41, 5.74) is 0. The van der Waals surface area contributed by atoms with Gasteiger partial charge in [0.25, 0.3) is 0 Å². The number of aliphatic carboxylic acids is 1. The van der Waals surface area contributed by atoms with Gasteiger partial charge < -0.3 is 24.8 Å². The Bertz CT molecular complexity index is 530. The quantitative estimate of drug-likeness (QED) is 0.612. The Hall–Kier alpha value is -1.93. The molecule has 0 amide bonds. The Morgan fingerprint density at radius 2 is 1.68 bits per heavy atom. The topological polar surface area (TPSA) is 130 Å². The van der Waals surface area contributed by atoms with E-state index >= 15 is 0 Å². The maximum absolute atomic E-state index is 11.9. The highest BCUT2D eigenvalue weighted by atomic mass is 16.6. The molecule has 28 heavy (non-hydrogen) atoms. The zero-order valence-electron chi connectivity index (χ0n) is 16.4. The molecule has 0 bridgehead atoms. The zero-order valence-corrected chi connectivity index (χ0v) is 16.4. The Kier molecular flexibility index (Phi) is 11.4. The van der Waals surface area contributed by atoms with E-state index in [2.05, 4.69) is 0 Å². The largest absolute Gasteiger partial charge is 0.481 e. The summed E-state index contributed by atoms with van der Waals surface area (Å²) in [6.45, 7) is 1.61. The van der Waals surface area contributed by atoms with Gasteiger partial charge in [-0.1, -0.05) is 32.1 Å². The molecule has 0 unspecified atom stereocenters. The molecule has 0 saturated carbocycles. The summed E-state index contributed by atoms with van der Waals surface area (Å²) in [7, 11) is 0. The van der Waals surface area contributed by atoms with Crippen LogP contribution in [0.5, 0.6) is 0 Å². The molecule has 1 aliphatic rings. The summed E-state index contributed by atoms with van der Waals surface area (Å²) < 4.78 is 10.4. The molecule has 0 aromatic rings. The molecular formula is C20H32O8. The van der Waals surface area contributed by atoms with E-state index in [1.165, 1.54) is 6.08 Å². The zero-order chi connectivity index (χ0) is 20.9. The van der Waals surface area contributed by atoms with Crippen LogP contribution in [0.3, 0.4) is 0 Å². The van der Waals surface area contributed by atoms with Crippen molar-refractivity contribution in [3.8, 4) is 0 Å². The van der Waals surface area contributed by atoms with Gasteiger partial charge in [-0.25, -0.2) is 4.79 Å². The van der Waals surface area contributed by atoms with E-state index in [0.717, 1.165) is 44.6 Å². The van der Waals surface area contributed by atoms with Gasteiger partial charge in [0, 0.05) is 6.08 Å². The molecule has 0 fully saturated rings. The third-order valence-corrected chi connectivity index (χ3v) is 4.72. The number of ether oxygens (including phenoxy) is 2. The van der Waals surface area contributed by atoms with E-state index in [-0.39, 0.29) is 12.8 Å². The fourth-order valence-corrected chi connectivity index (χ4v) is 2.98. The average Bonchev–Trinajstić information content (AvgIpc) is 2.64. The van der Waals surface area contributed by atoms with Crippen molar-refractivity contribution < 1.29 is 39.2 Å². The number of carboxylic acids is 1. The van der Waals surface area contributed by atoms with E-state index < -0.39 is 42.3 Å². The fraction of sp³-hybridized carbons (Fsp3) is 0.750. The lowest BCUT2D eigenvalue weighted by atomic mass is 10.0. The van der Waals surface area contributed by atoms with Crippen LogP contribution in [0.1, 0.15) is 71.1 Å². The van der Waals surface area contributed by atoms with Gasteiger partial charge >= 0.3 is 17.9 Å². The Labute approximate surface area is 165 Å². The minimum absolute atomic E-state index is 0.278. The Balaban J connectivity index is 2.74. The number of esters is 2. The van der Waals surface area contributed by atoms with Crippen molar-refractivity contribution in [2.75, 3.05) is 0 Å². The standard InChI is InChI=1S/C20H32O8/c1-14-15(21)8-6-4-2-3-5-7-9-17(16(22)10-12-19(25)27-14)28-20(26)13-11-18(23)24/h10,12,14-17,21-22H,2-9,11,13H2,1H3,(H,23,24)/b12-10-/t14-,15+,16-,17+/m1/s1. The molecule has 0 aliphatic carbocycles.